The maximum Gasteiger partial charge on any atom is 0.225 e. The first kappa shape index (κ1) is 17.4. The maximum absolute atomic E-state index is 12.2. The third-order valence-corrected chi connectivity index (χ3v) is 6.25. The van der Waals surface area contributed by atoms with Crippen LogP contribution in [-0.2, 0) is 16.1 Å². The molecule has 2 bridgehead atoms. The van der Waals surface area contributed by atoms with Crippen LogP contribution in [0, 0.1) is 17.3 Å². The van der Waals surface area contributed by atoms with Crippen molar-refractivity contribution in [3.8, 4) is 0 Å². The van der Waals surface area contributed by atoms with Crippen molar-refractivity contribution in [2.24, 2.45) is 17.3 Å². The Morgan fingerprint density at radius 2 is 2.24 bits per heavy atom. The molecule has 3 aliphatic rings. The van der Waals surface area contributed by atoms with Crippen LogP contribution in [-0.4, -0.2) is 42.1 Å². The molecule has 3 aliphatic heterocycles. The number of furan rings is 1. The molecule has 25 heavy (non-hydrogen) atoms. The number of hydrogen-bond acceptors (Lipinski definition) is 4. The number of ether oxygens (including phenoxy) is 1. The fourth-order valence-corrected chi connectivity index (χ4v) is 4.98. The summed E-state index contributed by atoms with van der Waals surface area (Å²) < 4.78 is 12.0. The second kappa shape index (κ2) is 6.00. The van der Waals surface area contributed by atoms with Crippen LogP contribution < -0.4 is 5.32 Å². The summed E-state index contributed by atoms with van der Waals surface area (Å²) in [6.45, 7) is 9.27. The predicted molar refractivity (Wildman–Crippen MR) is 95.3 cm³/mol. The summed E-state index contributed by atoms with van der Waals surface area (Å²) in [7, 11) is 0. The van der Waals surface area contributed by atoms with Crippen LogP contribution in [0.25, 0.3) is 0 Å². The number of fused-ring (bicyclic) bond motifs is 1. The highest BCUT2D eigenvalue weighted by atomic mass is 35.5. The summed E-state index contributed by atoms with van der Waals surface area (Å²) in [6, 6.07) is 3.73. The molecule has 0 unspecified atom stereocenters. The van der Waals surface area contributed by atoms with Crippen LogP contribution in [0.5, 0.6) is 0 Å². The normalized spacial score (nSPS) is 34.5. The van der Waals surface area contributed by atoms with Crippen molar-refractivity contribution >= 4 is 17.5 Å². The third kappa shape index (κ3) is 3.11. The molecule has 5 nitrogen and oxygen atoms in total. The standard InChI is InChI=1S/C19H27ClN2O3/c1-18(2,3)17(23)21-8-13-14-10-22(9-12-4-5-16(20)24-12)11-19(14)7-6-15(13)25-19/h4-5,13-15H,6-11H2,1-3H3,(H,21,23)/t13-,14+,15+,19+/m0/s1. The van der Waals surface area contributed by atoms with Gasteiger partial charge in [0, 0.05) is 36.9 Å². The van der Waals surface area contributed by atoms with Gasteiger partial charge in [-0.05, 0) is 36.6 Å². The molecular weight excluding hydrogens is 340 g/mol. The zero-order valence-corrected chi connectivity index (χ0v) is 15.9. The first-order chi connectivity index (χ1) is 11.8. The van der Waals surface area contributed by atoms with E-state index in [1.807, 2.05) is 26.8 Å². The highest BCUT2D eigenvalue weighted by Gasteiger charge is 2.62. The van der Waals surface area contributed by atoms with Crippen LogP contribution in [0.15, 0.2) is 16.5 Å². The summed E-state index contributed by atoms with van der Waals surface area (Å²) in [6.07, 6.45) is 2.53. The molecule has 0 radical (unpaired) electrons. The highest BCUT2D eigenvalue weighted by molar-refractivity contribution is 6.28. The number of nitrogens with zero attached hydrogens (tertiary/aromatic N) is 1. The lowest BCUT2D eigenvalue weighted by molar-refractivity contribution is -0.128. The molecule has 0 aliphatic carbocycles. The average molecular weight is 367 g/mol. The molecule has 4 atom stereocenters. The first-order valence-corrected chi connectivity index (χ1v) is 9.57. The monoisotopic (exact) mass is 366 g/mol. The molecular formula is C19H27ClN2O3. The van der Waals surface area contributed by atoms with Gasteiger partial charge in [-0.3, -0.25) is 9.69 Å². The minimum absolute atomic E-state index is 0.0296. The van der Waals surface area contributed by atoms with E-state index in [0.717, 1.165) is 38.2 Å². The number of carbonyl (C=O) groups excluding carboxylic acids is 1. The van der Waals surface area contributed by atoms with Crippen molar-refractivity contribution in [1.82, 2.24) is 10.2 Å². The van der Waals surface area contributed by atoms with Crippen LogP contribution in [0.2, 0.25) is 5.22 Å². The minimum Gasteiger partial charge on any atom is -0.448 e. The Hall–Kier alpha value is -1.04. The van der Waals surface area contributed by atoms with E-state index in [1.54, 1.807) is 6.07 Å². The van der Waals surface area contributed by atoms with E-state index in [-0.39, 0.29) is 16.9 Å². The second-order valence-electron chi connectivity index (χ2n) is 8.87. The Labute approximate surface area is 154 Å². The van der Waals surface area contributed by atoms with Gasteiger partial charge in [0.05, 0.1) is 18.2 Å². The van der Waals surface area contributed by atoms with E-state index in [4.69, 9.17) is 20.8 Å². The molecule has 1 amide bonds. The van der Waals surface area contributed by atoms with Gasteiger partial charge < -0.3 is 14.5 Å². The predicted octanol–water partition coefficient (Wildman–Crippen LogP) is 3.07. The smallest absolute Gasteiger partial charge is 0.225 e. The van der Waals surface area contributed by atoms with E-state index in [0.29, 0.717) is 29.7 Å². The molecule has 1 aromatic heterocycles. The Balaban J connectivity index is 1.41. The van der Waals surface area contributed by atoms with Crippen molar-refractivity contribution in [2.75, 3.05) is 19.6 Å². The summed E-state index contributed by atoms with van der Waals surface area (Å²) in [4.78, 5) is 14.6. The van der Waals surface area contributed by atoms with Crippen molar-refractivity contribution in [2.45, 2.75) is 51.9 Å². The van der Waals surface area contributed by atoms with E-state index in [9.17, 15) is 4.79 Å². The van der Waals surface area contributed by atoms with Gasteiger partial charge in [-0.2, -0.15) is 0 Å². The SMILES string of the molecule is CC(C)(C)C(=O)NC[C@H]1[C@H]2CN(Cc3ccc(Cl)o3)C[C@]23CC[C@H]1O3. The second-order valence-corrected chi connectivity index (χ2v) is 9.24. The van der Waals surface area contributed by atoms with Gasteiger partial charge in [0.25, 0.3) is 0 Å². The van der Waals surface area contributed by atoms with Crippen LogP contribution >= 0.6 is 11.6 Å². The van der Waals surface area contributed by atoms with Crippen LogP contribution in [0.3, 0.4) is 0 Å². The van der Waals surface area contributed by atoms with E-state index in [2.05, 4.69) is 10.2 Å². The quantitative estimate of drug-likeness (QED) is 0.889. The Kier molecular flexibility index (Phi) is 4.17. The number of likely N-dealkylation sites (tertiary alicyclic amines) is 1. The van der Waals surface area contributed by atoms with Crippen molar-refractivity contribution in [3.05, 3.63) is 23.1 Å². The van der Waals surface area contributed by atoms with Gasteiger partial charge in [-0.1, -0.05) is 20.8 Å². The molecule has 0 aromatic carbocycles. The Bertz CT molecular complexity index is 668. The fraction of sp³-hybridized carbons (Fsp3) is 0.737. The Morgan fingerprint density at radius 3 is 2.92 bits per heavy atom. The van der Waals surface area contributed by atoms with E-state index in [1.165, 1.54) is 0 Å². The van der Waals surface area contributed by atoms with Crippen molar-refractivity contribution in [1.29, 1.82) is 0 Å². The van der Waals surface area contributed by atoms with E-state index < -0.39 is 0 Å². The number of halogens is 1. The fourth-order valence-electron chi connectivity index (χ4n) is 4.81. The molecule has 4 rings (SSSR count). The third-order valence-electron chi connectivity index (χ3n) is 6.04. The van der Waals surface area contributed by atoms with Crippen LogP contribution in [0.1, 0.15) is 39.4 Å². The lowest BCUT2D eigenvalue weighted by Gasteiger charge is -2.30. The summed E-state index contributed by atoms with van der Waals surface area (Å²) in [5, 5.41) is 3.59. The zero-order valence-electron chi connectivity index (χ0n) is 15.2. The van der Waals surface area contributed by atoms with Gasteiger partial charge >= 0.3 is 0 Å². The van der Waals surface area contributed by atoms with Crippen molar-refractivity contribution in [3.63, 3.8) is 0 Å². The average Bonchev–Trinajstić information content (AvgIpc) is 3.24. The molecule has 1 spiro atoms. The number of amides is 1. The first-order valence-electron chi connectivity index (χ1n) is 9.19. The maximum atomic E-state index is 12.2. The lowest BCUT2D eigenvalue weighted by atomic mass is 9.73. The number of carbonyl (C=O) groups is 1. The van der Waals surface area contributed by atoms with Gasteiger partial charge in [0.1, 0.15) is 5.76 Å². The van der Waals surface area contributed by atoms with Gasteiger partial charge in [0.2, 0.25) is 5.91 Å². The van der Waals surface area contributed by atoms with Gasteiger partial charge in [-0.15, -0.1) is 0 Å². The van der Waals surface area contributed by atoms with Gasteiger partial charge in [0.15, 0.2) is 5.22 Å². The zero-order chi connectivity index (χ0) is 17.8. The molecule has 1 N–H and O–H groups in total. The summed E-state index contributed by atoms with van der Waals surface area (Å²) in [5.74, 6) is 1.90. The lowest BCUT2D eigenvalue weighted by Crippen LogP contribution is -2.44. The van der Waals surface area contributed by atoms with E-state index >= 15 is 0 Å². The number of rotatable bonds is 4. The number of hydrogen-bond donors (Lipinski definition) is 1. The molecule has 0 saturated carbocycles. The minimum atomic E-state index is -0.351. The number of nitrogens with one attached hydrogen (secondary N) is 1. The topological polar surface area (TPSA) is 54.7 Å². The molecule has 138 valence electrons. The molecule has 6 heteroatoms. The molecule has 4 heterocycles. The Morgan fingerprint density at radius 1 is 1.44 bits per heavy atom. The largest absolute Gasteiger partial charge is 0.448 e. The highest BCUT2D eigenvalue weighted by Crippen LogP contribution is 2.54. The summed E-state index contributed by atoms with van der Waals surface area (Å²) in [5.41, 5.74) is -0.380. The van der Waals surface area contributed by atoms with Crippen LogP contribution in [0.4, 0.5) is 0 Å². The van der Waals surface area contributed by atoms with Crippen molar-refractivity contribution < 1.29 is 13.9 Å². The molecule has 3 fully saturated rings. The summed E-state index contributed by atoms with van der Waals surface area (Å²) >= 11 is 5.88. The van der Waals surface area contributed by atoms with Gasteiger partial charge in [-0.25, -0.2) is 0 Å². The molecule has 3 saturated heterocycles. The molecule has 1 aromatic rings.